The average molecular weight is 413 g/mol. The Bertz CT molecular complexity index is 763. The van der Waals surface area contributed by atoms with Crippen LogP contribution in [0.15, 0.2) is 35.7 Å². The van der Waals surface area contributed by atoms with Gasteiger partial charge in [0.25, 0.3) is 5.91 Å². The summed E-state index contributed by atoms with van der Waals surface area (Å²) in [4.78, 5) is 26.3. The van der Waals surface area contributed by atoms with Crippen LogP contribution in [0.4, 0.5) is 0 Å². The van der Waals surface area contributed by atoms with Gasteiger partial charge in [-0.25, -0.2) is 0 Å². The second-order valence-electron chi connectivity index (χ2n) is 6.53. The van der Waals surface area contributed by atoms with Gasteiger partial charge in [0.05, 0.1) is 16.6 Å². The lowest BCUT2D eigenvalue weighted by atomic mass is 10.0. The second-order valence-corrected chi connectivity index (χ2v) is 8.35. The fraction of sp³-hybridized carbons (Fsp3) is 0.368. The summed E-state index contributed by atoms with van der Waals surface area (Å²) >= 11 is 13.6. The average Bonchev–Trinajstić information content (AvgIpc) is 3.08. The number of carbonyl (C=O) groups excluding carboxylic acids is 2. The Balaban J connectivity index is 2.10. The summed E-state index contributed by atoms with van der Waals surface area (Å²) in [5, 5.41) is 8.44. The lowest BCUT2D eigenvalue weighted by Crippen LogP contribution is -2.48. The molecule has 0 aliphatic carbocycles. The molecule has 1 aromatic carbocycles. The quantitative estimate of drug-likeness (QED) is 0.665. The molecule has 7 heteroatoms. The van der Waals surface area contributed by atoms with Gasteiger partial charge in [-0.05, 0) is 48.9 Å². The first kappa shape index (κ1) is 20.7. The third kappa shape index (κ3) is 5.73. The van der Waals surface area contributed by atoms with Gasteiger partial charge in [-0.1, -0.05) is 43.1 Å². The Kier molecular flexibility index (Phi) is 7.50. The van der Waals surface area contributed by atoms with Crippen molar-refractivity contribution in [2.75, 3.05) is 0 Å². The van der Waals surface area contributed by atoms with E-state index in [2.05, 4.69) is 10.6 Å². The van der Waals surface area contributed by atoms with Gasteiger partial charge in [-0.15, -0.1) is 11.3 Å². The van der Waals surface area contributed by atoms with Gasteiger partial charge in [-0.2, -0.15) is 0 Å². The molecule has 2 aromatic rings. The number of carbonyl (C=O) groups is 2. The van der Waals surface area contributed by atoms with Gasteiger partial charge in [0, 0.05) is 9.90 Å². The van der Waals surface area contributed by atoms with E-state index in [0.717, 1.165) is 4.88 Å². The van der Waals surface area contributed by atoms with E-state index < -0.39 is 11.9 Å². The fourth-order valence-corrected chi connectivity index (χ4v) is 3.76. The van der Waals surface area contributed by atoms with E-state index in [9.17, 15) is 9.59 Å². The molecule has 1 aromatic heterocycles. The summed E-state index contributed by atoms with van der Waals surface area (Å²) in [7, 11) is 0. The van der Waals surface area contributed by atoms with E-state index in [1.165, 1.54) is 6.07 Å². The maximum atomic E-state index is 12.7. The minimum atomic E-state index is -0.642. The van der Waals surface area contributed by atoms with Gasteiger partial charge in [0.1, 0.15) is 6.04 Å². The summed E-state index contributed by atoms with van der Waals surface area (Å²) in [6.45, 7) is 5.93. The zero-order valence-electron chi connectivity index (χ0n) is 14.9. The molecule has 0 bridgehead atoms. The second kappa shape index (κ2) is 9.40. The van der Waals surface area contributed by atoms with E-state index >= 15 is 0 Å². The highest BCUT2D eigenvalue weighted by Gasteiger charge is 2.25. The van der Waals surface area contributed by atoms with Crippen molar-refractivity contribution in [1.29, 1.82) is 0 Å². The van der Waals surface area contributed by atoms with E-state index in [1.807, 2.05) is 38.3 Å². The molecule has 4 nitrogen and oxygen atoms in total. The van der Waals surface area contributed by atoms with Crippen molar-refractivity contribution in [2.45, 2.75) is 39.3 Å². The molecule has 2 amide bonds. The standard InChI is InChI=1S/C19H22Cl2N2O2S/c1-11(2)9-16(19(25)22-12(3)17-5-4-8-26-17)23-18(24)14-7-6-13(20)10-15(14)21/h4-8,10-12,16H,9H2,1-3H3,(H,22,25)(H,23,24). The maximum absolute atomic E-state index is 12.7. The summed E-state index contributed by atoms with van der Waals surface area (Å²) in [5.74, 6) is -0.363. The molecule has 140 valence electrons. The third-order valence-electron chi connectivity index (χ3n) is 3.83. The molecule has 2 atom stereocenters. The monoisotopic (exact) mass is 412 g/mol. The molecule has 2 rings (SSSR count). The van der Waals surface area contributed by atoms with Gasteiger partial charge in [0.2, 0.25) is 5.91 Å². The lowest BCUT2D eigenvalue weighted by molar-refractivity contribution is -0.124. The topological polar surface area (TPSA) is 58.2 Å². The van der Waals surface area contributed by atoms with Crippen LogP contribution in [0.5, 0.6) is 0 Å². The van der Waals surface area contributed by atoms with Gasteiger partial charge in [-0.3, -0.25) is 9.59 Å². The Morgan fingerprint density at radius 1 is 1.12 bits per heavy atom. The van der Waals surface area contributed by atoms with Crippen LogP contribution in [0.2, 0.25) is 10.0 Å². The van der Waals surface area contributed by atoms with Crippen LogP contribution in [-0.4, -0.2) is 17.9 Å². The molecular weight excluding hydrogens is 391 g/mol. The molecule has 0 fully saturated rings. The fourth-order valence-electron chi connectivity index (χ4n) is 2.54. The zero-order chi connectivity index (χ0) is 19.3. The summed E-state index contributed by atoms with van der Waals surface area (Å²) in [5.41, 5.74) is 0.295. The molecule has 1 heterocycles. The molecule has 0 aliphatic rings. The molecule has 0 saturated carbocycles. The number of hydrogen-bond acceptors (Lipinski definition) is 3. The number of thiophene rings is 1. The molecule has 0 radical (unpaired) electrons. The van der Waals surface area contributed by atoms with Crippen molar-refractivity contribution in [3.05, 3.63) is 56.2 Å². The normalized spacial score (nSPS) is 13.3. The summed E-state index contributed by atoms with van der Waals surface area (Å²) in [6.07, 6.45) is 0.528. The van der Waals surface area contributed by atoms with E-state index in [0.29, 0.717) is 17.0 Å². The SMILES string of the molecule is CC(C)CC(NC(=O)c1ccc(Cl)cc1Cl)C(=O)NC(C)c1cccs1. The first-order valence-corrected chi connectivity index (χ1v) is 10.0. The number of hydrogen-bond donors (Lipinski definition) is 2. The summed E-state index contributed by atoms with van der Waals surface area (Å²) < 4.78 is 0. The predicted octanol–water partition coefficient (Wildman–Crippen LogP) is 5.08. The van der Waals surface area contributed by atoms with Crippen molar-refractivity contribution in [3.8, 4) is 0 Å². The highest BCUT2D eigenvalue weighted by atomic mass is 35.5. The number of benzene rings is 1. The lowest BCUT2D eigenvalue weighted by Gasteiger charge is -2.22. The highest BCUT2D eigenvalue weighted by Crippen LogP contribution is 2.22. The molecule has 0 spiro atoms. The van der Waals surface area contributed by atoms with Crippen molar-refractivity contribution < 1.29 is 9.59 Å². The number of nitrogens with one attached hydrogen (secondary N) is 2. The largest absolute Gasteiger partial charge is 0.347 e. The van der Waals surface area contributed by atoms with Crippen LogP contribution in [-0.2, 0) is 4.79 Å². The molecule has 26 heavy (non-hydrogen) atoms. The Hall–Kier alpha value is -1.56. The summed E-state index contributed by atoms with van der Waals surface area (Å²) in [6, 6.07) is 7.81. The van der Waals surface area contributed by atoms with E-state index in [4.69, 9.17) is 23.2 Å². The number of rotatable bonds is 7. The van der Waals surface area contributed by atoms with Crippen LogP contribution in [0, 0.1) is 5.92 Å². The minimum Gasteiger partial charge on any atom is -0.347 e. The molecule has 0 aliphatic heterocycles. The van der Waals surface area contributed by atoms with Gasteiger partial charge >= 0.3 is 0 Å². The zero-order valence-corrected chi connectivity index (χ0v) is 17.2. The highest BCUT2D eigenvalue weighted by molar-refractivity contribution is 7.10. The smallest absolute Gasteiger partial charge is 0.253 e. The molecular formula is C19H22Cl2N2O2S. The molecule has 2 unspecified atom stereocenters. The molecule has 0 saturated heterocycles. The van der Waals surface area contributed by atoms with E-state index in [1.54, 1.807) is 23.5 Å². The van der Waals surface area contributed by atoms with Crippen LogP contribution in [0.1, 0.15) is 48.5 Å². The predicted molar refractivity (Wildman–Crippen MR) is 108 cm³/mol. The molecule has 2 N–H and O–H groups in total. The van der Waals surface area contributed by atoms with Crippen LogP contribution in [0.3, 0.4) is 0 Å². The van der Waals surface area contributed by atoms with E-state index in [-0.39, 0.29) is 22.9 Å². The number of halogens is 2. The maximum Gasteiger partial charge on any atom is 0.253 e. The van der Waals surface area contributed by atoms with Gasteiger partial charge < -0.3 is 10.6 Å². The minimum absolute atomic E-state index is 0.117. The Labute approximate surface area is 167 Å². The Morgan fingerprint density at radius 3 is 2.42 bits per heavy atom. The van der Waals surface area contributed by atoms with Crippen LogP contribution < -0.4 is 10.6 Å². The van der Waals surface area contributed by atoms with Gasteiger partial charge in [0.15, 0.2) is 0 Å². The first-order valence-electron chi connectivity index (χ1n) is 8.37. The number of amides is 2. The van der Waals surface area contributed by atoms with Crippen molar-refractivity contribution in [2.24, 2.45) is 5.92 Å². The van der Waals surface area contributed by atoms with Crippen molar-refractivity contribution >= 4 is 46.4 Å². The van der Waals surface area contributed by atoms with Crippen molar-refractivity contribution in [1.82, 2.24) is 10.6 Å². The third-order valence-corrected chi connectivity index (χ3v) is 5.44. The van der Waals surface area contributed by atoms with Crippen LogP contribution >= 0.6 is 34.5 Å². The first-order chi connectivity index (χ1) is 12.3. The van der Waals surface area contributed by atoms with Crippen molar-refractivity contribution in [3.63, 3.8) is 0 Å². The Morgan fingerprint density at radius 2 is 1.85 bits per heavy atom. The van der Waals surface area contributed by atoms with Crippen LogP contribution in [0.25, 0.3) is 0 Å².